The lowest BCUT2D eigenvalue weighted by Crippen LogP contribution is -2.48. The molecule has 1 aliphatic rings. The predicted octanol–water partition coefficient (Wildman–Crippen LogP) is 4.13. The summed E-state index contributed by atoms with van der Waals surface area (Å²) in [7, 11) is 0. The number of urea groups is 1. The van der Waals surface area contributed by atoms with E-state index >= 15 is 0 Å². The van der Waals surface area contributed by atoms with Crippen molar-refractivity contribution in [3.63, 3.8) is 0 Å². The van der Waals surface area contributed by atoms with Crippen LogP contribution in [0, 0.1) is 0 Å². The number of aromatic nitrogens is 1. The van der Waals surface area contributed by atoms with E-state index in [1.807, 2.05) is 36.4 Å². The molecule has 1 atom stereocenters. The van der Waals surface area contributed by atoms with Gasteiger partial charge in [0, 0.05) is 34.7 Å². The van der Waals surface area contributed by atoms with E-state index in [1.54, 1.807) is 11.3 Å². The molecule has 1 aromatic heterocycles. The number of benzene rings is 2. The normalized spacial score (nSPS) is 16.8. The number of piperidine rings is 1. The molecule has 0 aliphatic carbocycles. The van der Waals surface area contributed by atoms with Crippen LogP contribution in [0.5, 0.6) is 0 Å². The third-order valence-electron chi connectivity index (χ3n) is 4.34. The summed E-state index contributed by atoms with van der Waals surface area (Å²) in [6.45, 7) is 0.471. The maximum atomic E-state index is 12.1. The second-order valence-corrected chi connectivity index (χ2v) is 8.29. The van der Waals surface area contributed by atoms with E-state index in [-0.39, 0.29) is 18.0 Å². The van der Waals surface area contributed by atoms with E-state index in [9.17, 15) is 9.59 Å². The van der Waals surface area contributed by atoms with Gasteiger partial charge < -0.3 is 16.0 Å². The first kappa shape index (κ1) is 17.9. The molecule has 138 valence electrons. The number of hydrogen-bond acceptors (Lipinski definition) is 4. The molecule has 8 heteroatoms. The number of nitrogens with zero attached hydrogens (tertiary/aromatic N) is 1. The van der Waals surface area contributed by atoms with Crippen molar-refractivity contribution in [1.82, 2.24) is 15.6 Å². The lowest BCUT2D eigenvalue weighted by atomic mass is 10.1. The third-order valence-corrected chi connectivity index (χ3v) is 5.92. The minimum atomic E-state index is -0.270. The molecule has 1 saturated heterocycles. The van der Waals surface area contributed by atoms with Gasteiger partial charge in [-0.05, 0) is 48.9 Å². The summed E-state index contributed by atoms with van der Waals surface area (Å²) in [5.41, 5.74) is 2.68. The highest BCUT2D eigenvalue weighted by Gasteiger charge is 2.19. The van der Waals surface area contributed by atoms with Gasteiger partial charge in [-0.15, -0.1) is 11.3 Å². The number of carbonyl (C=O) groups excluding carboxylic acids is 2. The number of amides is 3. The highest BCUT2D eigenvalue weighted by molar-refractivity contribution is 9.10. The maximum absolute atomic E-state index is 12.1. The molecule has 3 amide bonds. The molecule has 27 heavy (non-hydrogen) atoms. The van der Waals surface area contributed by atoms with E-state index in [2.05, 4.69) is 42.9 Å². The molecule has 3 N–H and O–H groups in total. The lowest BCUT2D eigenvalue weighted by molar-refractivity contribution is -0.122. The van der Waals surface area contributed by atoms with Crippen molar-refractivity contribution in [2.75, 3.05) is 11.9 Å². The molecular formula is C19H17BrN4O2S. The van der Waals surface area contributed by atoms with Crippen molar-refractivity contribution in [2.45, 2.75) is 18.9 Å². The van der Waals surface area contributed by atoms with Crippen molar-refractivity contribution in [2.24, 2.45) is 0 Å². The highest BCUT2D eigenvalue weighted by atomic mass is 79.9. The number of anilines is 1. The maximum Gasteiger partial charge on any atom is 0.319 e. The fourth-order valence-electron chi connectivity index (χ4n) is 2.93. The monoisotopic (exact) mass is 444 g/mol. The summed E-state index contributed by atoms with van der Waals surface area (Å²) < 4.78 is 2.14. The van der Waals surface area contributed by atoms with Crippen LogP contribution in [0.4, 0.5) is 10.5 Å². The van der Waals surface area contributed by atoms with Crippen molar-refractivity contribution in [3.8, 4) is 10.6 Å². The van der Waals surface area contributed by atoms with E-state index in [0.29, 0.717) is 25.1 Å². The van der Waals surface area contributed by atoms with Crippen LogP contribution in [0.2, 0.25) is 0 Å². The Labute approximate surface area is 168 Å². The SMILES string of the molecule is O=C1CCC(NC(=O)Nc2ccc(-c3nc4cc(Br)ccc4s3)cc2)CN1. The first-order chi connectivity index (χ1) is 13.1. The van der Waals surface area contributed by atoms with Gasteiger partial charge in [-0.2, -0.15) is 0 Å². The average molecular weight is 445 g/mol. The van der Waals surface area contributed by atoms with Gasteiger partial charge >= 0.3 is 6.03 Å². The van der Waals surface area contributed by atoms with Gasteiger partial charge in [-0.25, -0.2) is 9.78 Å². The van der Waals surface area contributed by atoms with Crippen LogP contribution in [0.25, 0.3) is 20.8 Å². The molecule has 0 saturated carbocycles. The molecule has 6 nitrogen and oxygen atoms in total. The van der Waals surface area contributed by atoms with Crippen LogP contribution in [0.3, 0.4) is 0 Å². The summed E-state index contributed by atoms with van der Waals surface area (Å²) in [4.78, 5) is 28.0. The second-order valence-electron chi connectivity index (χ2n) is 6.35. The zero-order valence-electron chi connectivity index (χ0n) is 14.3. The Kier molecular flexibility index (Phi) is 5.09. The first-order valence-electron chi connectivity index (χ1n) is 8.57. The Balaban J connectivity index is 1.40. The van der Waals surface area contributed by atoms with Crippen molar-refractivity contribution < 1.29 is 9.59 Å². The Bertz CT molecular complexity index is 993. The molecule has 2 heterocycles. The molecule has 0 bridgehead atoms. The van der Waals surface area contributed by atoms with Crippen LogP contribution >= 0.6 is 27.3 Å². The number of halogens is 1. The van der Waals surface area contributed by atoms with Gasteiger partial charge in [-0.1, -0.05) is 15.9 Å². The number of fused-ring (bicyclic) bond motifs is 1. The lowest BCUT2D eigenvalue weighted by Gasteiger charge is -2.23. The summed E-state index contributed by atoms with van der Waals surface area (Å²) in [5.74, 6) is 0.0336. The minimum Gasteiger partial charge on any atom is -0.354 e. The van der Waals surface area contributed by atoms with Crippen molar-refractivity contribution >= 4 is 55.1 Å². The van der Waals surface area contributed by atoms with Gasteiger partial charge in [0.15, 0.2) is 0 Å². The molecule has 1 aliphatic heterocycles. The van der Waals surface area contributed by atoms with Crippen LogP contribution in [0.15, 0.2) is 46.9 Å². The van der Waals surface area contributed by atoms with E-state index < -0.39 is 0 Å². The Hall–Kier alpha value is -2.45. The van der Waals surface area contributed by atoms with E-state index in [4.69, 9.17) is 0 Å². The molecule has 0 radical (unpaired) electrons. The zero-order chi connectivity index (χ0) is 18.8. The number of thiazole rings is 1. The van der Waals surface area contributed by atoms with Gasteiger partial charge in [0.2, 0.25) is 5.91 Å². The fourth-order valence-corrected chi connectivity index (χ4v) is 4.23. The smallest absolute Gasteiger partial charge is 0.319 e. The van der Waals surface area contributed by atoms with Crippen LogP contribution in [0.1, 0.15) is 12.8 Å². The van der Waals surface area contributed by atoms with E-state index in [0.717, 1.165) is 25.3 Å². The summed E-state index contributed by atoms with van der Waals surface area (Å²) >= 11 is 5.10. The molecule has 1 fully saturated rings. The molecule has 0 spiro atoms. The van der Waals surface area contributed by atoms with Crippen molar-refractivity contribution in [1.29, 1.82) is 0 Å². The number of hydrogen-bond donors (Lipinski definition) is 3. The Morgan fingerprint density at radius 3 is 2.78 bits per heavy atom. The van der Waals surface area contributed by atoms with Gasteiger partial charge in [0.1, 0.15) is 5.01 Å². The zero-order valence-corrected chi connectivity index (χ0v) is 16.7. The largest absolute Gasteiger partial charge is 0.354 e. The second kappa shape index (κ2) is 7.66. The molecule has 2 aromatic carbocycles. The minimum absolute atomic E-state index is 0.0336. The highest BCUT2D eigenvalue weighted by Crippen LogP contribution is 2.32. The summed E-state index contributed by atoms with van der Waals surface area (Å²) in [5, 5.41) is 9.40. The van der Waals surface area contributed by atoms with Gasteiger partial charge in [0.05, 0.1) is 10.2 Å². The van der Waals surface area contributed by atoms with Crippen LogP contribution in [-0.4, -0.2) is 29.5 Å². The Morgan fingerprint density at radius 1 is 1.22 bits per heavy atom. The topological polar surface area (TPSA) is 83.1 Å². The molecule has 4 rings (SSSR count). The van der Waals surface area contributed by atoms with Gasteiger partial charge in [0.25, 0.3) is 0 Å². The number of rotatable bonds is 3. The predicted molar refractivity (Wildman–Crippen MR) is 111 cm³/mol. The number of nitrogens with one attached hydrogen (secondary N) is 3. The van der Waals surface area contributed by atoms with Crippen molar-refractivity contribution in [3.05, 3.63) is 46.9 Å². The quantitative estimate of drug-likeness (QED) is 0.567. The molecule has 3 aromatic rings. The van der Waals surface area contributed by atoms with Gasteiger partial charge in [-0.3, -0.25) is 4.79 Å². The van der Waals surface area contributed by atoms with Crippen LogP contribution < -0.4 is 16.0 Å². The van der Waals surface area contributed by atoms with E-state index in [1.165, 1.54) is 0 Å². The average Bonchev–Trinajstić information content (AvgIpc) is 3.07. The first-order valence-corrected chi connectivity index (χ1v) is 10.2. The summed E-state index contributed by atoms with van der Waals surface area (Å²) in [6, 6.07) is 13.4. The fraction of sp³-hybridized carbons (Fsp3) is 0.211. The molecule has 1 unspecified atom stereocenters. The van der Waals surface area contributed by atoms with Crippen LogP contribution in [-0.2, 0) is 4.79 Å². The Morgan fingerprint density at radius 2 is 2.04 bits per heavy atom. The molecular weight excluding hydrogens is 428 g/mol. The third kappa shape index (κ3) is 4.28. The standard InChI is InChI=1S/C19H17BrN4O2S/c20-12-3-7-16-15(9-12)24-18(27-16)11-1-4-13(5-2-11)22-19(26)23-14-6-8-17(25)21-10-14/h1-5,7,9,14H,6,8,10H2,(H,21,25)(H2,22,23,26). The number of carbonyl (C=O) groups is 2. The summed E-state index contributed by atoms with van der Waals surface area (Å²) in [6.07, 6.45) is 1.10.